The molecule has 0 aliphatic carbocycles. The van der Waals surface area contributed by atoms with Gasteiger partial charge >= 0.3 is 0 Å². The minimum atomic E-state index is 0.0904. The molecule has 0 aromatic heterocycles. The zero-order valence-corrected chi connectivity index (χ0v) is 12.0. The van der Waals surface area contributed by atoms with Crippen molar-refractivity contribution >= 4 is 11.6 Å². The minimum Gasteiger partial charge on any atom is -0.495 e. The van der Waals surface area contributed by atoms with Gasteiger partial charge in [-0.2, -0.15) is 0 Å². The summed E-state index contributed by atoms with van der Waals surface area (Å²) in [7, 11) is 1.61. The Morgan fingerprint density at radius 2 is 2.42 bits per heavy atom. The first kappa shape index (κ1) is 14.6. The number of rotatable bonds is 6. The van der Waals surface area contributed by atoms with Crippen LogP contribution in [0.1, 0.15) is 24.4 Å². The SMILES string of the molecule is COc1ccc(C(CN)NCC2CCCO2)cc1Cl. The third kappa shape index (κ3) is 3.83. The van der Waals surface area contributed by atoms with E-state index in [-0.39, 0.29) is 6.04 Å². The van der Waals surface area contributed by atoms with Crippen LogP contribution in [0.5, 0.6) is 5.75 Å². The second-order valence-electron chi connectivity index (χ2n) is 4.73. The van der Waals surface area contributed by atoms with E-state index < -0.39 is 0 Å². The normalized spacial score (nSPS) is 20.5. The van der Waals surface area contributed by atoms with Crippen LogP contribution >= 0.6 is 11.6 Å². The van der Waals surface area contributed by atoms with Crippen molar-refractivity contribution in [2.45, 2.75) is 25.0 Å². The molecule has 1 fully saturated rings. The predicted octanol–water partition coefficient (Wildman–Crippen LogP) is 2.12. The van der Waals surface area contributed by atoms with Crippen molar-refractivity contribution in [1.29, 1.82) is 0 Å². The van der Waals surface area contributed by atoms with Crippen molar-refractivity contribution in [2.75, 3.05) is 26.8 Å². The minimum absolute atomic E-state index is 0.0904. The fraction of sp³-hybridized carbons (Fsp3) is 0.571. The molecule has 0 amide bonds. The number of halogens is 1. The van der Waals surface area contributed by atoms with E-state index in [4.69, 9.17) is 26.8 Å². The van der Waals surface area contributed by atoms with Crippen molar-refractivity contribution < 1.29 is 9.47 Å². The van der Waals surface area contributed by atoms with E-state index >= 15 is 0 Å². The highest BCUT2D eigenvalue weighted by Crippen LogP contribution is 2.27. The molecule has 1 aromatic carbocycles. The molecule has 2 rings (SSSR count). The van der Waals surface area contributed by atoms with Crippen molar-refractivity contribution in [2.24, 2.45) is 5.73 Å². The lowest BCUT2D eigenvalue weighted by molar-refractivity contribution is 0.107. The van der Waals surface area contributed by atoms with Gasteiger partial charge in [-0.25, -0.2) is 0 Å². The second-order valence-corrected chi connectivity index (χ2v) is 5.13. The number of nitrogens with two attached hydrogens (primary N) is 1. The largest absolute Gasteiger partial charge is 0.495 e. The highest BCUT2D eigenvalue weighted by atomic mass is 35.5. The molecule has 0 saturated carbocycles. The summed E-state index contributed by atoms with van der Waals surface area (Å²) in [6.07, 6.45) is 2.57. The van der Waals surface area contributed by atoms with Crippen LogP contribution in [0.4, 0.5) is 0 Å². The maximum atomic E-state index is 6.14. The van der Waals surface area contributed by atoms with Crippen LogP contribution in [0.15, 0.2) is 18.2 Å². The Labute approximate surface area is 119 Å². The summed E-state index contributed by atoms with van der Waals surface area (Å²) in [5.41, 5.74) is 6.91. The number of hydrogen-bond donors (Lipinski definition) is 2. The molecule has 1 heterocycles. The van der Waals surface area contributed by atoms with Gasteiger partial charge in [-0.05, 0) is 30.5 Å². The van der Waals surface area contributed by atoms with E-state index in [1.54, 1.807) is 7.11 Å². The topological polar surface area (TPSA) is 56.5 Å². The van der Waals surface area contributed by atoms with Crippen molar-refractivity contribution in [3.8, 4) is 5.75 Å². The number of methoxy groups -OCH3 is 1. The molecule has 2 unspecified atom stereocenters. The van der Waals surface area contributed by atoms with Crippen molar-refractivity contribution in [1.82, 2.24) is 5.32 Å². The van der Waals surface area contributed by atoms with Gasteiger partial charge in [0.25, 0.3) is 0 Å². The third-order valence-corrected chi connectivity index (χ3v) is 3.73. The summed E-state index contributed by atoms with van der Waals surface area (Å²) >= 11 is 6.14. The molecule has 0 radical (unpaired) electrons. The van der Waals surface area contributed by atoms with Crippen LogP contribution in [-0.4, -0.2) is 32.9 Å². The van der Waals surface area contributed by atoms with Gasteiger partial charge in [-0.1, -0.05) is 17.7 Å². The Morgan fingerprint density at radius 1 is 1.58 bits per heavy atom. The maximum Gasteiger partial charge on any atom is 0.137 e. The van der Waals surface area contributed by atoms with Gasteiger partial charge in [0.1, 0.15) is 5.75 Å². The van der Waals surface area contributed by atoms with Gasteiger partial charge < -0.3 is 20.5 Å². The summed E-state index contributed by atoms with van der Waals surface area (Å²) in [4.78, 5) is 0. The number of benzene rings is 1. The predicted molar refractivity (Wildman–Crippen MR) is 76.8 cm³/mol. The van der Waals surface area contributed by atoms with E-state index in [0.717, 1.165) is 31.6 Å². The zero-order valence-electron chi connectivity index (χ0n) is 11.2. The zero-order chi connectivity index (χ0) is 13.7. The first-order chi connectivity index (χ1) is 9.24. The quantitative estimate of drug-likeness (QED) is 0.840. The molecule has 1 aromatic rings. The summed E-state index contributed by atoms with van der Waals surface area (Å²) in [5, 5.41) is 4.05. The Morgan fingerprint density at radius 3 is 3.00 bits per heavy atom. The molecule has 1 aliphatic rings. The molecular formula is C14H21ClN2O2. The van der Waals surface area contributed by atoms with Gasteiger partial charge in [-0.3, -0.25) is 0 Å². The molecule has 106 valence electrons. The smallest absolute Gasteiger partial charge is 0.137 e. The molecule has 19 heavy (non-hydrogen) atoms. The van der Waals surface area contributed by atoms with Gasteiger partial charge in [0.05, 0.1) is 18.2 Å². The summed E-state index contributed by atoms with van der Waals surface area (Å²) in [6, 6.07) is 5.85. The fourth-order valence-electron chi connectivity index (χ4n) is 2.32. The summed E-state index contributed by atoms with van der Waals surface area (Å²) in [6.45, 7) is 2.22. The van der Waals surface area contributed by atoms with E-state index in [2.05, 4.69) is 5.32 Å². The molecule has 0 bridgehead atoms. The second kappa shape index (κ2) is 7.10. The number of hydrogen-bond acceptors (Lipinski definition) is 4. The standard InChI is InChI=1S/C14H21ClN2O2/c1-18-14-5-4-10(7-12(14)15)13(8-16)17-9-11-3-2-6-19-11/h4-5,7,11,13,17H,2-3,6,8-9,16H2,1H3. The van der Waals surface area contributed by atoms with Crippen LogP contribution in [0.25, 0.3) is 0 Å². The van der Waals surface area contributed by atoms with E-state index in [1.165, 1.54) is 0 Å². The maximum absolute atomic E-state index is 6.14. The van der Waals surface area contributed by atoms with E-state index in [9.17, 15) is 0 Å². The molecule has 4 nitrogen and oxygen atoms in total. The molecular weight excluding hydrogens is 264 g/mol. The van der Waals surface area contributed by atoms with Crippen LogP contribution in [0, 0.1) is 0 Å². The highest BCUT2D eigenvalue weighted by Gasteiger charge is 2.18. The molecule has 1 aliphatic heterocycles. The highest BCUT2D eigenvalue weighted by molar-refractivity contribution is 6.32. The first-order valence-corrected chi connectivity index (χ1v) is 7.01. The van der Waals surface area contributed by atoms with Crippen LogP contribution in [-0.2, 0) is 4.74 Å². The van der Waals surface area contributed by atoms with E-state index in [1.807, 2.05) is 18.2 Å². The van der Waals surface area contributed by atoms with E-state index in [0.29, 0.717) is 23.4 Å². The average Bonchev–Trinajstić information content (AvgIpc) is 2.93. The molecule has 2 atom stereocenters. The average molecular weight is 285 g/mol. The lowest BCUT2D eigenvalue weighted by Crippen LogP contribution is -2.34. The van der Waals surface area contributed by atoms with Crippen molar-refractivity contribution in [3.63, 3.8) is 0 Å². The fourth-order valence-corrected chi connectivity index (χ4v) is 2.58. The lowest BCUT2D eigenvalue weighted by Gasteiger charge is -2.20. The van der Waals surface area contributed by atoms with Gasteiger partial charge in [0, 0.05) is 25.7 Å². The van der Waals surface area contributed by atoms with Gasteiger partial charge in [0.15, 0.2) is 0 Å². The Bertz CT molecular complexity index is 408. The van der Waals surface area contributed by atoms with Crippen LogP contribution < -0.4 is 15.8 Å². The monoisotopic (exact) mass is 284 g/mol. The van der Waals surface area contributed by atoms with Crippen molar-refractivity contribution in [3.05, 3.63) is 28.8 Å². The third-order valence-electron chi connectivity index (χ3n) is 3.43. The van der Waals surface area contributed by atoms with Crippen LogP contribution in [0.3, 0.4) is 0 Å². The van der Waals surface area contributed by atoms with Gasteiger partial charge in [0.2, 0.25) is 0 Å². The molecule has 1 saturated heterocycles. The number of nitrogens with one attached hydrogen (secondary N) is 1. The summed E-state index contributed by atoms with van der Waals surface area (Å²) < 4.78 is 10.7. The molecule has 0 spiro atoms. The lowest BCUT2D eigenvalue weighted by atomic mass is 10.1. The molecule has 3 N–H and O–H groups in total. The Balaban J connectivity index is 1.97. The number of ether oxygens (including phenoxy) is 2. The Hall–Kier alpha value is -0.810. The Kier molecular flexibility index (Phi) is 5.45. The summed E-state index contributed by atoms with van der Waals surface area (Å²) in [5.74, 6) is 0.681. The first-order valence-electron chi connectivity index (χ1n) is 6.63. The molecule has 5 heteroatoms. The van der Waals surface area contributed by atoms with Gasteiger partial charge in [-0.15, -0.1) is 0 Å². The van der Waals surface area contributed by atoms with Crippen LogP contribution in [0.2, 0.25) is 5.02 Å².